The Hall–Kier alpha value is -1.06. The van der Waals surface area contributed by atoms with Crippen molar-refractivity contribution >= 4 is 11.9 Å². The number of esters is 1. The number of carbonyl (C=O) groups is 2. The fourth-order valence-corrected chi connectivity index (χ4v) is 1.37. The normalized spacial score (nSPS) is 22.8. The van der Waals surface area contributed by atoms with Gasteiger partial charge < -0.3 is 10.1 Å². The third kappa shape index (κ3) is 3.01. The Morgan fingerprint density at radius 1 is 1.50 bits per heavy atom. The summed E-state index contributed by atoms with van der Waals surface area (Å²) in [7, 11) is 0. The number of amides is 1. The van der Waals surface area contributed by atoms with E-state index in [0.29, 0.717) is 13.0 Å². The fourth-order valence-electron chi connectivity index (χ4n) is 1.37. The quantitative estimate of drug-likeness (QED) is 0.503. The summed E-state index contributed by atoms with van der Waals surface area (Å²) >= 11 is 0. The number of hydrogen-bond acceptors (Lipinski definition) is 3. The molecule has 14 heavy (non-hydrogen) atoms. The molecule has 0 unspecified atom stereocenters. The van der Waals surface area contributed by atoms with E-state index in [1.54, 1.807) is 20.8 Å². The summed E-state index contributed by atoms with van der Waals surface area (Å²) in [6, 6.07) is 0. The number of piperidine rings is 1. The van der Waals surface area contributed by atoms with Crippen LogP contribution in [0.1, 0.15) is 33.6 Å². The first-order valence-corrected chi connectivity index (χ1v) is 4.91. The highest BCUT2D eigenvalue weighted by molar-refractivity contribution is 5.98. The molecular formula is C10H17NO3. The molecule has 4 heteroatoms. The minimum atomic E-state index is -0.608. The van der Waals surface area contributed by atoms with Crippen molar-refractivity contribution in [1.82, 2.24) is 5.32 Å². The molecule has 0 aromatic heterocycles. The van der Waals surface area contributed by atoms with Gasteiger partial charge in [-0.15, -0.1) is 0 Å². The van der Waals surface area contributed by atoms with E-state index in [1.165, 1.54) is 0 Å². The van der Waals surface area contributed by atoms with E-state index in [-0.39, 0.29) is 5.91 Å². The van der Waals surface area contributed by atoms with Crippen molar-refractivity contribution in [2.45, 2.75) is 39.2 Å². The first-order valence-electron chi connectivity index (χ1n) is 4.91. The lowest BCUT2D eigenvalue weighted by Crippen LogP contribution is -2.42. The molecule has 0 aliphatic carbocycles. The topological polar surface area (TPSA) is 55.4 Å². The van der Waals surface area contributed by atoms with E-state index in [2.05, 4.69) is 5.32 Å². The second kappa shape index (κ2) is 3.98. The molecule has 1 aliphatic rings. The Labute approximate surface area is 84.0 Å². The van der Waals surface area contributed by atoms with Crippen LogP contribution in [-0.2, 0) is 14.3 Å². The van der Waals surface area contributed by atoms with Crippen LogP contribution in [0.5, 0.6) is 0 Å². The predicted octanol–water partition coefficient (Wildman–Crippen LogP) is 0.854. The molecule has 1 N–H and O–H groups in total. The molecule has 1 amide bonds. The van der Waals surface area contributed by atoms with Crippen LogP contribution < -0.4 is 5.32 Å². The van der Waals surface area contributed by atoms with Gasteiger partial charge in [-0.05, 0) is 33.6 Å². The standard InChI is InChI=1S/C10H17NO3/c1-10(2,3)14-9(13)7-5-4-6-11-8(7)12/h7H,4-6H2,1-3H3,(H,11,12)/t7-/m1/s1. The molecule has 4 nitrogen and oxygen atoms in total. The van der Waals surface area contributed by atoms with Crippen molar-refractivity contribution in [1.29, 1.82) is 0 Å². The summed E-state index contributed by atoms with van der Waals surface area (Å²) in [5.41, 5.74) is -0.519. The van der Waals surface area contributed by atoms with Crippen molar-refractivity contribution in [3.63, 3.8) is 0 Å². The third-order valence-electron chi connectivity index (χ3n) is 1.98. The third-order valence-corrected chi connectivity index (χ3v) is 1.98. The van der Waals surface area contributed by atoms with Gasteiger partial charge in [0.25, 0.3) is 0 Å². The predicted molar refractivity (Wildman–Crippen MR) is 51.6 cm³/mol. The van der Waals surface area contributed by atoms with Crippen molar-refractivity contribution in [2.24, 2.45) is 5.92 Å². The number of ether oxygens (including phenoxy) is 1. The number of nitrogens with one attached hydrogen (secondary N) is 1. The highest BCUT2D eigenvalue weighted by Gasteiger charge is 2.32. The lowest BCUT2D eigenvalue weighted by molar-refractivity contribution is -0.163. The van der Waals surface area contributed by atoms with Gasteiger partial charge in [0.15, 0.2) is 0 Å². The van der Waals surface area contributed by atoms with Gasteiger partial charge in [0.2, 0.25) is 5.91 Å². The molecule has 0 bridgehead atoms. The molecule has 1 heterocycles. The summed E-state index contributed by atoms with van der Waals surface area (Å²) in [6.07, 6.45) is 1.44. The summed E-state index contributed by atoms with van der Waals surface area (Å²) in [5.74, 6) is -1.22. The first kappa shape index (κ1) is 11.0. The second-order valence-electron chi connectivity index (χ2n) is 4.52. The minimum absolute atomic E-state index is 0.203. The maximum absolute atomic E-state index is 11.5. The van der Waals surface area contributed by atoms with Gasteiger partial charge in [-0.3, -0.25) is 9.59 Å². The molecular weight excluding hydrogens is 182 g/mol. The summed E-state index contributed by atoms with van der Waals surface area (Å²) in [4.78, 5) is 22.9. The number of carbonyl (C=O) groups excluding carboxylic acids is 2. The van der Waals surface area contributed by atoms with E-state index in [1.807, 2.05) is 0 Å². The van der Waals surface area contributed by atoms with Crippen LogP contribution in [0.4, 0.5) is 0 Å². The van der Waals surface area contributed by atoms with E-state index in [9.17, 15) is 9.59 Å². The van der Waals surface area contributed by atoms with Crippen LogP contribution in [-0.4, -0.2) is 24.0 Å². The van der Waals surface area contributed by atoms with Gasteiger partial charge in [-0.1, -0.05) is 0 Å². The van der Waals surface area contributed by atoms with Crippen LogP contribution in [0, 0.1) is 5.92 Å². The molecule has 0 aromatic carbocycles. The molecule has 1 aliphatic heterocycles. The Balaban J connectivity index is 2.55. The van der Waals surface area contributed by atoms with Gasteiger partial charge in [-0.25, -0.2) is 0 Å². The van der Waals surface area contributed by atoms with Gasteiger partial charge in [0.05, 0.1) is 0 Å². The number of hydrogen-bond donors (Lipinski definition) is 1. The summed E-state index contributed by atoms with van der Waals surface area (Å²) in [5, 5.41) is 2.66. The minimum Gasteiger partial charge on any atom is -0.459 e. The van der Waals surface area contributed by atoms with Gasteiger partial charge in [-0.2, -0.15) is 0 Å². The molecule has 80 valence electrons. The fraction of sp³-hybridized carbons (Fsp3) is 0.800. The highest BCUT2D eigenvalue weighted by atomic mass is 16.6. The molecule has 0 spiro atoms. The molecule has 0 radical (unpaired) electrons. The average Bonchev–Trinajstić information content (AvgIpc) is 2.01. The van der Waals surface area contributed by atoms with Crippen molar-refractivity contribution in [2.75, 3.05) is 6.54 Å². The van der Waals surface area contributed by atoms with E-state index in [4.69, 9.17) is 4.74 Å². The Kier molecular flexibility index (Phi) is 3.13. The largest absolute Gasteiger partial charge is 0.459 e. The van der Waals surface area contributed by atoms with Gasteiger partial charge in [0.1, 0.15) is 11.5 Å². The SMILES string of the molecule is CC(C)(C)OC(=O)[C@@H]1CCCNC1=O. The zero-order valence-corrected chi connectivity index (χ0v) is 8.92. The summed E-state index contributed by atoms with van der Waals surface area (Å²) in [6.45, 7) is 6.06. The maximum atomic E-state index is 11.5. The van der Waals surface area contributed by atoms with Crippen LogP contribution in [0.3, 0.4) is 0 Å². The van der Waals surface area contributed by atoms with E-state index < -0.39 is 17.5 Å². The zero-order valence-electron chi connectivity index (χ0n) is 8.92. The number of rotatable bonds is 1. The summed E-state index contributed by atoms with van der Waals surface area (Å²) < 4.78 is 5.15. The Bertz CT molecular complexity index is 242. The second-order valence-corrected chi connectivity index (χ2v) is 4.52. The monoisotopic (exact) mass is 199 g/mol. The van der Waals surface area contributed by atoms with Gasteiger partial charge >= 0.3 is 5.97 Å². The first-order chi connectivity index (χ1) is 6.40. The molecule has 0 aromatic rings. The molecule has 0 saturated carbocycles. The zero-order chi connectivity index (χ0) is 10.8. The van der Waals surface area contributed by atoms with E-state index in [0.717, 1.165) is 6.42 Å². The van der Waals surface area contributed by atoms with E-state index >= 15 is 0 Å². The maximum Gasteiger partial charge on any atom is 0.319 e. The van der Waals surface area contributed by atoms with Crippen molar-refractivity contribution in [3.05, 3.63) is 0 Å². The molecule has 1 saturated heterocycles. The Morgan fingerprint density at radius 2 is 2.14 bits per heavy atom. The van der Waals surface area contributed by atoms with Crippen molar-refractivity contribution < 1.29 is 14.3 Å². The van der Waals surface area contributed by atoms with Gasteiger partial charge in [0, 0.05) is 6.54 Å². The van der Waals surface area contributed by atoms with Crippen molar-refractivity contribution in [3.8, 4) is 0 Å². The molecule has 1 atom stereocenters. The lowest BCUT2D eigenvalue weighted by Gasteiger charge is -2.25. The van der Waals surface area contributed by atoms with Crippen LogP contribution in [0.2, 0.25) is 0 Å². The Morgan fingerprint density at radius 3 is 2.64 bits per heavy atom. The average molecular weight is 199 g/mol. The molecule has 1 fully saturated rings. The smallest absolute Gasteiger partial charge is 0.319 e. The van der Waals surface area contributed by atoms with Crippen LogP contribution in [0.25, 0.3) is 0 Å². The van der Waals surface area contributed by atoms with Crippen LogP contribution in [0.15, 0.2) is 0 Å². The molecule has 1 rings (SSSR count). The van der Waals surface area contributed by atoms with Crippen LogP contribution >= 0.6 is 0 Å². The lowest BCUT2D eigenvalue weighted by atomic mass is 9.98. The highest BCUT2D eigenvalue weighted by Crippen LogP contribution is 2.17.